The smallest absolute Gasteiger partial charge is 0.238 e. The van der Waals surface area contributed by atoms with E-state index in [4.69, 9.17) is 23.2 Å². The van der Waals surface area contributed by atoms with Crippen LogP contribution in [0, 0.1) is 11.2 Å². The van der Waals surface area contributed by atoms with Crippen molar-refractivity contribution in [1.29, 1.82) is 0 Å². The Kier molecular flexibility index (Phi) is 7.25. The van der Waals surface area contributed by atoms with Gasteiger partial charge in [0.2, 0.25) is 11.8 Å². The Bertz CT molecular complexity index is 1600. The lowest BCUT2D eigenvalue weighted by atomic mass is 9.53. The number of nitrogens with zero attached hydrogens (tertiary/aromatic N) is 3. The van der Waals surface area contributed by atoms with E-state index in [0.717, 1.165) is 49.9 Å². The van der Waals surface area contributed by atoms with Gasteiger partial charge in [-0.2, -0.15) is 0 Å². The molecule has 0 radical (unpaired) electrons. The van der Waals surface area contributed by atoms with Gasteiger partial charge in [-0.15, -0.1) is 10.2 Å². The van der Waals surface area contributed by atoms with Crippen LogP contribution in [0.5, 0.6) is 0 Å². The Balaban J connectivity index is 1.31. The second kappa shape index (κ2) is 10.8. The van der Waals surface area contributed by atoms with Crippen molar-refractivity contribution in [2.24, 2.45) is 5.41 Å². The molecule has 2 aromatic heterocycles. The summed E-state index contributed by atoms with van der Waals surface area (Å²) in [6.07, 6.45) is 9.24. The van der Waals surface area contributed by atoms with Crippen molar-refractivity contribution in [3.63, 3.8) is 0 Å². The minimum atomic E-state index is -1.29. The van der Waals surface area contributed by atoms with Crippen molar-refractivity contribution in [2.75, 3.05) is 5.32 Å². The van der Waals surface area contributed by atoms with E-state index in [-0.39, 0.29) is 39.9 Å². The first-order chi connectivity index (χ1) is 21.0. The van der Waals surface area contributed by atoms with Crippen molar-refractivity contribution in [3.05, 3.63) is 69.7 Å². The predicted molar refractivity (Wildman–Crippen MR) is 165 cm³/mol. The fraction of sp³-hybridized carbons (Fsp3) is 0.531. The molecule has 232 valence electrons. The summed E-state index contributed by atoms with van der Waals surface area (Å²) in [5.41, 5.74) is -0.530. The Morgan fingerprint density at radius 3 is 2.52 bits per heavy atom. The Hall–Kier alpha value is -3.08. The summed E-state index contributed by atoms with van der Waals surface area (Å²) in [5, 5.41) is 18.4. The third kappa shape index (κ3) is 4.55. The average molecular weight is 641 g/mol. The number of hydrogen-bond donors (Lipinski definition) is 4. The van der Waals surface area contributed by atoms with Crippen LogP contribution in [0.1, 0.15) is 94.0 Å². The van der Waals surface area contributed by atoms with E-state index in [1.807, 2.05) is 6.07 Å². The molecule has 3 atom stereocenters. The third-order valence-corrected chi connectivity index (χ3v) is 11.3. The molecule has 4 heterocycles. The van der Waals surface area contributed by atoms with Gasteiger partial charge in [-0.3, -0.25) is 14.9 Å². The zero-order valence-electron chi connectivity index (χ0n) is 24.7. The zero-order valence-corrected chi connectivity index (χ0v) is 26.2. The van der Waals surface area contributed by atoms with Crippen molar-refractivity contribution >= 4 is 40.7 Å². The number of H-pyrrole nitrogens is 1. The number of amides is 2. The molecule has 0 unspecified atom stereocenters. The number of carbonyl (C=O) groups excluding carboxylic acids is 2. The highest BCUT2D eigenvalue weighted by molar-refractivity contribution is 6.31. The fourth-order valence-corrected chi connectivity index (χ4v) is 8.88. The number of hydrogen-bond acceptors (Lipinski definition) is 6. The number of fused-ring (bicyclic) bond motifs is 3. The van der Waals surface area contributed by atoms with Gasteiger partial charge in [0.1, 0.15) is 17.6 Å². The third-order valence-electron chi connectivity index (χ3n) is 10.8. The summed E-state index contributed by atoms with van der Waals surface area (Å²) in [6.45, 7) is 4.45. The van der Waals surface area contributed by atoms with E-state index in [1.165, 1.54) is 6.20 Å². The molecule has 44 heavy (non-hydrogen) atoms. The first-order valence-corrected chi connectivity index (χ1v) is 16.2. The van der Waals surface area contributed by atoms with Crippen LogP contribution >= 0.6 is 23.2 Å². The molecule has 3 fully saturated rings. The van der Waals surface area contributed by atoms with E-state index in [2.05, 4.69) is 50.0 Å². The van der Waals surface area contributed by atoms with Crippen molar-refractivity contribution < 1.29 is 14.0 Å². The van der Waals surface area contributed by atoms with Gasteiger partial charge < -0.3 is 15.6 Å². The van der Waals surface area contributed by atoms with Gasteiger partial charge in [0, 0.05) is 40.3 Å². The molecule has 7 rings (SSSR count). The first kappa shape index (κ1) is 29.6. The Labute approximate surface area is 265 Å². The normalized spacial score (nSPS) is 30.3. The fourth-order valence-electron chi connectivity index (χ4n) is 8.54. The number of rotatable bonds is 4. The van der Waals surface area contributed by atoms with E-state index < -0.39 is 28.7 Å². The van der Waals surface area contributed by atoms with Crippen LogP contribution in [-0.2, 0) is 15.0 Å². The number of aromatic amines is 1. The molecule has 1 aromatic carbocycles. The highest BCUT2D eigenvalue weighted by Crippen LogP contribution is 2.64. The molecule has 9 nitrogen and oxygen atoms in total. The molecule has 2 aliphatic heterocycles. The maximum atomic E-state index is 16.1. The summed E-state index contributed by atoms with van der Waals surface area (Å²) >= 11 is 12.6. The van der Waals surface area contributed by atoms with Crippen molar-refractivity contribution in [3.8, 4) is 0 Å². The molecule has 2 amide bonds. The van der Waals surface area contributed by atoms with Gasteiger partial charge in [0.25, 0.3) is 0 Å². The van der Waals surface area contributed by atoms with E-state index in [1.54, 1.807) is 24.5 Å². The lowest BCUT2D eigenvalue weighted by Crippen LogP contribution is -2.61. The minimum absolute atomic E-state index is 0.0590. The maximum Gasteiger partial charge on any atom is 0.238 e. The molecule has 2 spiro atoms. The number of anilines is 1. The maximum absolute atomic E-state index is 16.1. The summed E-state index contributed by atoms with van der Waals surface area (Å²) in [7, 11) is 0. The molecular weight excluding hydrogens is 604 g/mol. The van der Waals surface area contributed by atoms with Crippen LogP contribution in [0.3, 0.4) is 0 Å². The summed E-state index contributed by atoms with van der Waals surface area (Å²) in [4.78, 5) is 36.1. The lowest BCUT2D eigenvalue weighted by molar-refractivity contribution is -0.125. The van der Waals surface area contributed by atoms with Crippen LogP contribution in [0.25, 0.3) is 0 Å². The molecule has 4 aliphatic rings. The van der Waals surface area contributed by atoms with E-state index in [0.29, 0.717) is 23.6 Å². The Morgan fingerprint density at radius 2 is 1.82 bits per heavy atom. The summed E-state index contributed by atoms with van der Waals surface area (Å²) in [6, 6.07) is 5.95. The van der Waals surface area contributed by atoms with Gasteiger partial charge in [-0.25, -0.2) is 9.37 Å². The SMILES string of the molecule is CC1(C)CCC2(CC1)N[C@@H](C(=O)N[C@H]1CC[C@H](c3nnc[nH]3)CC1)[C@H](c1ccnc(Cl)c1F)[C@]21C(=O)Nc2cc(Cl)ccc21. The second-order valence-corrected chi connectivity index (χ2v) is 14.5. The van der Waals surface area contributed by atoms with Crippen LogP contribution in [-0.4, -0.2) is 49.6 Å². The monoisotopic (exact) mass is 639 g/mol. The van der Waals surface area contributed by atoms with Crippen LogP contribution in [0.15, 0.2) is 36.8 Å². The minimum Gasteiger partial charge on any atom is -0.352 e. The van der Waals surface area contributed by atoms with Crippen LogP contribution in [0.4, 0.5) is 10.1 Å². The number of benzene rings is 1. The molecular formula is C32H36Cl2FN7O2. The van der Waals surface area contributed by atoms with Crippen LogP contribution < -0.4 is 16.0 Å². The summed E-state index contributed by atoms with van der Waals surface area (Å²) < 4.78 is 16.1. The number of halogens is 3. The molecule has 3 aromatic rings. The van der Waals surface area contributed by atoms with Gasteiger partial charge >= 0.3 is 0 Å². The van der Waals surface area contributed by atoms with Gasteiger partial charge in [-0.1, -0.05) is 43.1 Å². The van der Waals surface area contributed by atoms with Gasteiger partial charge in [0.15, 0.2) is 11.0 Å². The summed E-state index contributed by atoms with van der Waals surface area (Å²) in [5.74, 6) is -0.985. The number of aromatic nitrogens is 4. The van der Waals surface area contributed by atoms with Crippen LogP contribution in [0.2, 0.25) is 10.2 Å². The number of carbonyl (C=O) groups is 2. The average Bonchev–Trinajstić information content (AvgIpc) is 3.70. The topological polar surface area (TPSA) is 125 Å². The molecule has 0 bridgehead atoms. The number of nitrogens with one attached hydrogen (secondary N) is 4. The molecule has 12 heteroatoms. The lowest BCUT2D eigenvalue weighted by Gasteiger charge is -2.50. The molecule has 2 aliphatic carbocycles. The highest BCUT2D eigenvalue weighted by Gasteiger charge is 2.73. The quantitative estimate of drug-likeness (QED) is 0.269. The van der Waals surface area contributed by atoms with E-state index >= 15 is 4.39 Å². The zero-order chi connectivity index (χ0) is 30.9. The Morgan fingerprint density at radius 1 is 1.07 bits per heavy atom. The number of pyridine rings is 1. The predicted octanol–water partition coefficient (Wildman–Crippen LogP) is 5.77. The molecule has 2 saturated carbocycles. The van der Waals surface area contributed by atoms with Crippen molar-refractivity contribution in [1.82, 2.24) is 30.8 Å². The standard InChI is InChI=1S/C32H36Cl2FN7O2/c1-30(2)10-12-31(13-11-30)32(21-8-5-18(33)15-22(21)40-29(32)44)23(20-9-14-36-26(34)24(20)35)25(41-31)28(43)39-19-6-3-17(4-7-19)27-37-16-38-42-27/h5,8-9,14-17,19,23,25,41H,3-4,6-7,10-13H2,1-2H3,(H,39,43)(H,40,44)(H,37,38,42)/t17-,19-,23-,25+,32+/m0/s1. The van der Waals surface area contributed by atoms with Gasteiger partial charge in [0.05, 0.1) is 6.04 Å². The van der Waals surface area contributed by atoms with Gasteiger partial charge in [-0.05, 0) is 86.1 Å². The van der Waals surface area contributed by atoms with E-state index in [9.17, 15) is 9.59 Å². The molecule has 4 N–H and O–H groups in total. The largest absolute Gasteiger partial charge is 0.352 e. The second-order valence-electron chi connectivity index (χ2n) is 13.7. The molecule has 1 saturated heterocycles. The van der Waals surface area contributed by atoms with Crippen molar-refractivity contribution in [2.45, 2.75) is 100 Å². The first-order valence-electron chi connectivity index (χ1n) is 15.4. The highest BCUT2D eigenvalue weighted by atomic mass is 35.5.